The van der Waals surface area contributed by atoms with E-state index in [-0.39, 0.29) is 12.8 Å². The van der Waals surface area contributed by atoms with Crippen LogP contribution in [0, 0.1) is 0 Å². The summed E-state index contributed by atoms with van der Waals surface area (Å²) in [5, 5.41) is 0. The van der Waals surface area contributed by atoms with E-state index in [9.17, 15) is 33.3 Å². The highest BCUT2D eigenvalue weighted by molar-refractivity contribution is 7.54. The summed E-state index contributed by atoms with van der Waals surface area (Å²) < 4.78 is 45.7. The standard InChI is InChI=1S/C16H39N2O9P3/c1-3-5-7-9-11-13-15(17,29(20,21)22)26-28(19)27-16(18,30(23,24)25)14-12-10-8-6-4-2/h28H,3-14,17-18H2,1-2H3,(H2,20,21,22)(H2,23,24,25). The molecule has 0 aromatic heterocycles. The summed E-state index contributed by atoms with van der Waals surface area (Å²) in [6.45, 7) is 4.03. The van der Waals surface area contributed by atoms with Crippen LogP contribution in [-0.2, 0) is 22.7 Å². The lowest BCUT2D eigenvalue weighted by Gasteiger charge is -2.33. The smallest absolute Gasteiger partial charge is 0.321 e. The van der Waals surface area contributed by atoms with Crippen LogP contribution in [-0.4, -0.2) is 30.5 Å². The zero-order chi connectivity index (χ0) is 23.5. The maximum absolute atomic E-state index is 12.3. The molecule has 0 aromatic rings. The molecule has 0 heterocycles. The van der Waals surface area contributed by atoms with Gasteiger partial charge < -0.3 is 19.6 Å². The Labute approximate surface area is 179 Å². The van der Waals surface area contributed by atoms with Gasteiger partial charge in [0.2, 0.25) is 10.9 Å². The van der Waals surface area contributed by atoms with Gasteiger partial charge in [-0.25, -0.2) is 0 Å². The van der Waals surface area contributed by atoms with E-state index in [0.717, 1.165) is 38.5 Å². The van der Waals surface area contributed by atoms with Gasteiger partial charge in [0.15, 0.2) is 0 Å². The molecule has 0 saturated carbocycles. The summed E-state index contributed by atoms with van der Waals surface area (Å²) >= 11 is 0. The van der Waals surface area contributed by atoms with Crippen molar-refractivity contribution < 1.29 is 42.3 Å². The third kappa shape index (κ3) is 10.8. The first-order valence-corrected chi connectivity index (χ1v) is 14.8. The van der Waals surface area contributed by atoms with Crippen molar-refractivity contribution in [2.45, 2.75) is 102 Å². The molecule has 0 aliphatic heterocycles. The quantitative estimate of drug-likeness (QED) is 0.0917. The zero-order valence-electron chi connectivity index (χ0n) is 17.9. The highest BCUT2D eigenvalue weighted by atomic mass is 31.2. The zero-order valence-corrected chi connectivity index (χ0v) is 20.7. The Bertz CT molecular complexity index is 563. The molecule has 0 spiro atoms. The molecule has 2 unspecified atom stereocenters. The van der Waals surface area contributed by atoms with Crippen LogP contribution in [0.1, 0.15) is 90.9 Å². The molecule has 11 nitrogen and oxygen atoms in total. The highest BCUT2D eigenvalue weighted by Gasteiger charge is 2.50. The first-order chi connectivity index (χ1) is 13.7. The van der Waals surface area contributed by atoms with Gasteiger partial charge in [0.05, 0.1) is 0 Å². The molecule has 14 heteroatoms. The third-order valence-corrected chi connectivity index (χ3v) is 8.79. The Morgan fingerprint density at radius 2 is 1.00 bits per heavy atom. The van der Waals surface area contributed by atoms with Crippen LogP contribution in [0.4, 0.5) is 0 Å². The largest absolute Gasteiger partial charge is 0.372 e. The van der Waals surface area contributed by atoms with Gasteiger partial charge in [0, 0.05) is 12.8 Å². The van der Waals surface area contributed by atoms with Gasteiger partial charge in [-0.15, -0.1) is 0 Å². The molecule has 0 aliphatic rings. The third-order valence-electron chi connectivity index (χ3n) is 4.78. The number of nitrogens with two attached hydrogens (primary N) is 2. The molecule has 0 rings (SSSR count). The summed E-state index contributed by atoms with van der Waals surface area (Å²) in [7, 11) is -14.0. The molecule has 0 aromatic carbocycles. The van der Waals surface area contributed by atoms with Crippen LogP contribution in [0.15, 0.2) is 0 Å². The van der Waals surface area contributed by atoms with E-state index < -0.39 is 34.4 Å². The summed E-state index contributed by atoms with van der Waals surface area (Å²) in [5.74, 6) is 0. The SMILES string of the molecule is CCCCCCCC(N)(O[PH](=O)OC(N)(CCCCCCC)P(=O)(O)O)P(=O)(O)O. The minimum absolute atomic E-state index is 0.300. The van der Waals surface area contributed by atoms with Gasteiger partial charge >= 0.3 is 23.4 Å². The fourth-order valence-electron chi connectivity index (χ4n) is 2.79. The van der Waals surface area contributed by atoms with Crippen LogP contribution < -0.4 is 11.5 Å². The van der Waals surface area contributed by atoms with Crippen molar-refractivity contribution in [3.63, 3.8) is 0 Å². The van der Waals surface area contributed by atoms with Gasteiger partial charge in [0.1, 0.15) is 0 Å². The van der Waals surface area contributed by atoms with Crippen molar-refractivity contribution in [2.75, 3.05) is 0 Å². The number of hydrogen-bond acceptors (Lipinski definition) is 7. The van der Waals surface area contributed by atoms with E-state index in [1.54, 1.807) is 0 Å². The number of hydrogen-bond donors (Lipinski definition) is 6. The monoisotopic (exact) mass is 496 g/mol. The van der Waals surface area contributed by atoms with E-state index in [2.05, 4.69) is 0 Å². The molecule has 0 aliphatic carbocycles. The fourth-order valence-corrected chi connectivity index (χ4v) is 5.91. The molecule has 8 N–H and O–H groups in total. The molecule has 0 radical (unpaired) electrons. The second kappa shape index (κ2) is 13.8. The minimum atomic E-state index is -5.07. The lowest BCUT2D eigenvalue weighted by molar-refractivity contribution is 0.0535. The Hall–Kier alpha value is 0.370. The maximum Gasteiger partial charge on any atom is 0.372 e. The molecule has 0 fully saturated rings. The molecule has 182 valence electrons. The molecule has 0 saturated heterocycles. The van der Waals surface area contributed by atoms with Gasteiger partial charge in [0.25, 0.3) is 0 Å². The van der Waals surface area contributed by atoms with Gasteiger partial charge in [-0.3, -0.25) is 34.2 Å². The highest BCUT2D eigenvalue weighted by Crippen LogP contribution is 2.58. The van der Waals surface area contributed by atoms with Crippen LogP contribution in [0.25, 0.3) is 0 Å². The van der Waals surface area contributed by atoms with Gasteiger partial charge in [-0.05, 0) is 12.8 Å². The van der Waals surface area contributed by atoms with Crippen molar-refractivity contribution >= 4 is 23.4 Å². The molecule has 30 heavy (non-hydrogen) atoms. The lowest BCUT2D eigenvalue weighted by atomic mass is 10.1. The van der Waals surface area contributed by atoms with E-state index in [1.165, 1.54) is 0 Å². The summed E-state index contributed by atoms with van der Waals surface area (Å²) in [4.78, 5) is 38.3. The normalized spacial score (nSPS) is 18.0. The van der Waals surface area contributed by atoms with Gasteiger partial charge in [-0.2, -0.15) is 0 Å². The van der Waals surface area contributed by atoms with Crippen LogP contribution in [0.5, 0.6) is 0 Å². The lowest BCUT2D eigenvalue weighted by Crippen LogP contribution is -2.43. The van der Waals surface area contributed by atoms with Crippen molar-refractivity contribution in [3.05, 3.63) is 0 Å². The second-order valence-electron chi connectivity index (χ2n) is 7.56. The molecule has 2 atom stereocenters. The van der Waals surface area contributed by atoms with Crippen LogP contribution in [0.2, 0.25) is 0 Å². The Morgan fingerprint density at radius 3 is 1.27 bits per heavy atom. The number of unbranched alkanes of at least 4 members (excludes halogenated alkanes) is 8. The Morgan fingerprint density at radius 1 is 0.700 bits per heavy atom. The Balaban J connectivity index is 5.12. The van der Waals surface area contributed by atoms with E-state index in [4.69, 9.17) is 20.5 Å². The average Bonchev–Trinajstić information content (AvgIpc) is 2.59. The second-order valence-corrected chi connectivity index (χ2v) is 12.2. The fraction of sp³-hybridized carbons (Fsp3) is 1.00. The molecule has 0 amide bonds. The first-order valence-electron chi connectivity index (χ1n) is 10.3. The molecular weight excluding hydrogens is 457 g/mol. The van der Waals surface area contributed by atoms with Gasteiger partial charge in [-0.1, -0.05) is 65.2 Å². The van der Waals surface area contributed by atoms with Crippen molar-refractivity contribution in [3.8, 4) is 0 Å². The van der Waals surface area contributed by atoms with Crippen molar-refractivity contribution in [1.82, 2.24) is 0 Å². The van der Waals surface area contributed by atoms with Crippen molar-refractivity contribution in [1.29, 1.82) is 0 Å². The maximum atomic E-state index is 12.3. The predicted molar refractivity (Wildman–Crippen MR) is 116 cm³/mol. The van der Waals surface area contributed by atoms with E-state index in [1.807, 2.05) is 13.8 Å². The van der Waals surface area contributed by atoms with E-state index in [0.29, 0.717) is 25.7 Å². The van der Waals surface area contributed by atoms with E-state index >= 15 is 0 Å². The van der Waals surface area contributed by atoms with Crippen molar-refractivity contribution in [2.24, 2.45) is 11.5 Å². The van der Waals surface area contributed by atoms with Crippen LogP contribution >= 0.6 is 23.4 Å². The molecule has 0 bridgehead atoms. The number of rotatable bonds is 18. The summed E-state index contributed by atoms with van der Waals surface area (Å²) in [6, 6.07) is 0. The Kier molecular flexibility index (Phi) is 14.0. The topological polar surface area (TPSA) is 203 Å². The minimum Gasteiger partial charge on any atom is -0.321 e. The first kappa shape index (κ1) is 30.4. The summed E-state index contributed by atoms with van der Waals surface area (Å²) in [5.41, 5.74) is 6.22. The average molecular weight is 496 g/mol. The van der Waals surface area contributed by atoms with Crippen LogP contribution in [0.3, 0.4) is 0 Å². The predicted octanol–water partition coefficient (Wildman–Crippen LogP) is 3.71. The molecular formula is C16H39N2O9P3. The summed E-state index contributed by atoms with van der Waals surface area (Å²) in [6.07, 6.45) is 6.81.